The molecule has 0 spiro atoms. The molecular weight excluding hydrogens is 406 g/mol. The van der Waals surface area contributed by atoms with E-state index >= 15 is 0 Å². The summed E-state index contributed by atoms with van der Waals surface area (Å²) < 4.78 is 6.92. The highest BCUT2D eigenvalue weighted by atomic mass is 32.2. The van der Waals surface area contributed by atoms with Crippen LogP contribution in [0.5, 0.6) is 0 Å². The molecule has 1 aliphatic rings. The summed E-state index contributed by atoms with van der Waals surface area (Å²) in [5, 5.41) is 19.4. The predicted octanol–water partition coefficient (Wildman–Crippen LogP) is 4.32. The first-order chi connectivity index (χ1) is 14.5. The number of nitro benzene ring substituents is 1. The van der Waals surface area contributed by atoms with Crippen molar-refractivity contribution in [1.29, 1.82) is 0 Å². The van der Waals surface area contributed by atoms with E-state index in [9.17, 15) is 14.9 Å². The van der Waals surface area contributed by atoms with Crippen molar-refractivity contribution in [2.75, 3.05) is 17.7 Å². The summed E-state index contributed by atoms with van der Waals surface area (Å²) in [6, 6.07) is 5.54. The Morgan fingerprint density at radius 1 is 1.30 bits per heavy atom. The maximum Gasteiger partial charge on any atom is 0.338 e. The fourth-order valence-corrected chi connectivity index (χ4v) is 4.10. The quantitative estimate of drug-likeness (QED) is 0.205. The molecule has 0 aliphatic carbocycles. The highest BCUT2D eigenvalue weighted by Gasteiger charge is 2.35. The number of carbonyl (C=O) groups excluding carboxylic acids is 1. The molecule has 1 atom stereocenters. The fourth-order valence-electron chi connectivity index (χ4n) is 3.27. The number of thioether (sulfide) groups is 1. The Kier molecular flexibility index (Phi) is 7.09. The first-order valence-electron chi connectivity index (χ1n) is 9.94. The second kappa shape index (κ2) is 9.75. The number of hydrogen-bond acceptors (Lipinski definition) is 8. The Morgan fingerprint density at radius 3 is 2.67 bits per heavy atom. The number of fused-ring (bicyclic) bond motifs is 1. The number of nitrogens with zero attached hydrogens (tertiary/aromatic N) is 4. The molecule has 0 fully saturated rings. The van der Waals surface area contributed by atoms with E-state index in [-0.39, 0.29) is 12.3 Å². The van der Waals surface area contributed by atoms with E-state index in [2.05, 4.69) is 22.3 Å². The number of unbranched alkanes of at least 4 members (excludes halogenated alkanes) is 2. The predicted molar refractivity (Wildman–Crippen MR) is 114 cm³/mol. The molecule has 3 rings (SSSR count). The summed E-state index contributed by atoms with van der Waals surface area (Å²) in [4.78, 5) is 27.9. The van der Waals surface area contributed by atoms with Crippen LogP contribution in [-0.4, -0.2) is 38.0 Å². The summed E-state index contributed by atoms with van der Waals surface area (Å²) >= 11 is 1.57. The van der Waals surface area contributed by atoms with Crippen LogP contribution in [0.4, 0.5) is 11.6 Å². The van der Waals surface area contributed by atoms with Crippen LogP contribution in [0.1, 0.15) is 51.6 Å². The van der Waals surface area contributed by atoms with E-state index in [1.54, 1.807) is 42.4 Å². The van der Waals surface area contributed by atoms with Crippen molar-refractivity contribution in [3.8, 4) is 0 Å². The topological polar surface area (TPSA) is 112 Å². The number of nitrogens with one attached hydrogen (secondary N) is 1. The molecule has 160 valence electrons. The van der Waals surface area contributed by atoms with Gasteiger partial charge >= 0.3 is 5.97 Å². The van der Waals surface area contributed by atoms with Crippen LogP contribution in [0.15, 0.2) is 40.7 Å². The van der Waals surface area contributed by atoms with Crippen LogP contribution in [0.25, 0.3) is 0 Å². The molecule has 2 aromatic rings. The lowest BCUT2D eigenvalue weighted by molar-refractivity contribution is -0.384. The first-order valence-corrected chi connectivity index (χ1v) is 10.9. The van der Waals surface area contributed by atoms with E-state index in [1.807, 2.05) is 0 Å². The molecule has 1 N–H and O–H groups in total. The van der Waals surface area contributed by atoms with Crippen molar-refractivity contribution in [2.24, 2.45) is 0 Å². The Labute approximate surface area is 179 Å². The first kappa shape index (κ1) is 21.8. The van der Waals surface area contributed by atoms with Gasteiger partial charge in [0, 0.05) is 23.6 Å². The Bertz CT molecular complexity index is 955. The smallest absolute Gasteiger partial charge is 0.338 e. The minimum Gasteiger partial charge on any atom is -0.463 e. The average molecular weight is 432 g/mol. The van der Waals surface area contributed by atoms with E-state index in [0.29, 0.717) is 27.9 Å². The summed E-state index contributed by atoms with van der Waals surface area (Å²) in [6.07, 6.45) is 3.37. The van der Waals surface area contributed by atoms with Crippen molar-refractivity contribution < 1.29 is 14.5 Å². The minimum atomic E-state index is -0.585. The lowest BCUT2D eigenvalue weighted by atomic mass is 9.95. The van der Waals surface area contributed by atoms with E-state index in [4.69, 9.17) is 4.74 Å². The van der Waals surface area contributed by atoms with Gasteiger partial charge in [0.2, 0.25) is 11.1 Å². The number of aromatic nitrogens is 3. The number of carbonyl (C=O) groups is 1. The highest BCUT2D eigenvalue weighted by Crippen LogP contribution is 2.37. The molecule has 0 unspecified atom stereocenters. The Balaban J connectivity index is 1.99. The summed E-state index contributed by atoms with van der Waals surface area (Å²) in [5.41, 5.74) is 1.71. The third kappa shape index (κ3) is 4.64. The number of non-ortho nitro benzene ring substituents is 1. The van der Waals surface area contributed by atoms with Gasteiger partial charge in [-0.2, -0.15) is 4.98 Å². The number of rotatable bonds is 9. The molecular formula is C20H25N5O4S. The monoisotopic (exact) mass is 431 g/mol. The third-order valence-corrected chi connectivity index (χ3v) is 5.65. The Morgan fingerprint density at radius 2 is 2.03 bits per heavy atom. The minimum absolute atomic E-state index is 0.0166. The molecule has 2 heterocycles. The number of benzene rings is 1. The van der Waals surface area contributed by atoms with Gasteiger partial charge in [-0.25, -0.2) is 9.48 Å². The number of hydrogen-bond donors (Lipinski definition) is 1. The number of anilines is 1. The van der Waals surface area contributed by atoms with Crippen molar-refractivity contribution in [3.63, 3.8) is 0 Å². The van der Waals surface area contributed by atoms with Crippen molar-refractivity contribution in [3.05, 3.63) is 51.2 Å². The molecule has 1 aromatic carbocycles. The number of esters is 1. The molecule has 0 amide bonds. The Hall–Kier alpha value is -2.88. The maximum absolute atomic E-state index is 12.7. The van der Waals surface area contributed by atoms with E-state index < -0.39 is 16.9 Å². The van der Waals surface area contributed by atoms with Gasteiger partial charge in [0.1, 0.15) is 6.04 Å². The van der Waals surface area contributed by atoms with Gasteiger partial charge in [0.15, 0.2) is 0 Å². The van der Waals surface area contributed by atoms with Gasteiger partial charge in [0.05, 0.1) is 17.1 Å². The largest absolute Gasteiger partial charge is 0.463 e. The second-order valence-electron chi connectivity index (χ2n) is 6.85. The molecule has 0 bridgehead atoms. The van der Waals surface area contributed by atoms with Crippen LogP contribution in [0.3, 0.4) is 0 Å². The third-order valence-electron chi connectivity index (χ3n) is 4.73. The van der Waals surface area contributed by atoms with Crippen LogP contribution < -0.4 is 5.32 Å². The lowest BCUT2D eigenvalue weighted by Crippen LogP contribution is -2.29. The van der Waals surface area contributed by atoms with Crippen LogP contribution in [0, 0.1) is 10.1 Å². The highest BCUT2D eigenvalue weighted by molar-refractivity contribution is 7.99. The van der Waals surface area contributed by atoms with Crippen LogP contribution in [-0.2, 0) is 9.53 Å². The molecule has 1 aliphatic heterocycles. The second-order valence-corrected chi connectivity index (χ2v) is 7.92. The fraction of sp³-hybridized carbons (Fsp3) is 0.450. The number of nitro groups is 1. The normalized spacial score (nSPS) is 15.5. The van der Waals surface area contributed by atoms with E-state index in [0.717, 1.165) is 25.0 Å². The van der Waals surface area contributed by atoms with Gasteiger partial charge < -0.3 is 10.1 Å². The SMILES string of the molecule is CCCCCSc1nc2n(n1)[C@@H](c1ccc([N+](=O)[O-])cc1)C(C(=O)OCC)=C(C)N2. The molecule has 10 heteroatoms. The summed E-state index contributed by atoms with van der Waals surface area (Å²) in [7, 11) is 0. The molecule has 9 nitrogen and oxygen atoms in total. The molecule has 1 aromatic heterocycles. The average Bonchev–Trinajstić information content (AvgIpc) is 3.12. The zero-order valence-electron chi connectivity index (χ0n) is 17.3. The summed E-state index contributed by atoms with van der Waals surface area (Å²) in [5.74, 6) is 0.988. The van der Waals surface area contributed by atoms with Gasteiger partial charge in [0.25, 0.3) is 5.69 Å². The van der Waals surface area contributed by atoms with Crippen molar-refractivity contribution in [2.45, 2.75) is 51.2 Å². The van der Waals surface area contributed by atoms with E-state index in [1.165, 1.54) is 12.1 Å². The molecule has 0 saturated heterocycles. The zero-order chi connectivity index (χ0) is 21.7. The maximum atomic E-state index is 12.7. The molecule has 30 heavy (non-hydrogen) atoms. The van der Waals surface area contributed by atoms with Crippen molar-refractivity contribution >= 4 is 29.4 Å². The molecule has 0 radical (unpaired) electrons. The van der Waals surface area contributed by atoms with Gasteiger partial charge in [-0.05, 0) is 38.0 Å². The van der Waals surface area contributed by atoms with Crippen LogP contribution >= 0.6 is 11.8 Å². The number of allylic oxidation sites excluding steroid dienone is 1. The zero-order valence-corrected chi connectivity index (χ0v) is 18.1. The van der Waals surface area contributed by atoms with Crippen LogP contribution in [0.2, 0.25) is 0 Å². The number of ether oxygens (including phenoxy) is 1. The molecule has 0 saturated carbocycles. The standard InChI is InChI=1S/C20H25N5O4S/c1-4-6-7-12-30-20-22-19-21-13(3)16(18(26)29-5-2)17(24(19)23-20)14-8-10-15(11-9-14)25(27)28/h8-11,17H,4-7,12H2,1-3H3,(H,21,22,23)/t17-/m0/s1. The summed E-state index contributed by atoms with van der Waals surface area (Å²) in [6.45, 7) is 5.93. The van der Waals surface area contributed by atoms with Crippen molar-refractivity contribution in [1.82, 2.24) is 14.8 Å². The van der Waals surface area contributed by atoms with Gasteiger partial charge in [-0.1, -0.05) is 31.5 Å². The van der Waals surface area contributed by atoms with Gasteiger partial charge in [-0.15, -0.1) is 5.10 Å². The lowest BCUT2D eigenvalue weighted by Gasteiger charge is -2.28. The van der Waals surface area contributed by atoms with Gasteiger partial charge in [-0.3, -0.25) is 10.1 Å².